The van der Waals surface area contributed by atoms with E-state index < -0.39 is 16.1 Å². The van der Waals surface area contributed by atoms with Crippen molar-refractivity contribution in [2.45, 2.75) is 11.3 Å². The van der Waals surface area contributed by atoms with E-state index in [0.717, 1.165) is 11.3 Å². The van der Waals surface area contributed by atoms with Gasteiger partial charge in [0.2, 0.25) is 0 Å². The molecular formula is C16H18N2O5S. The normalized spacial score (nSPS) is 10.9. The van der Waals surface area contributed by atoms with Crippen molar-refractivity contribution in [3.8, 4) is 5.75 Å². The molecule has 0 bridgehead atoms. The number of methoxy groups -OCH3 is 1. The summed E-state index contributed by atoms with van der Waals surface area (Å²) >= 11 is 0. The number of rotatable bonds is 6. The molecule has 7 nitrogen and oxygen atoms in total. The molecule has 3 N–H and O–H groups in total. The number of hydrogen-bond acceptors (Lipinski definition) is 4. The second kappa shape index (κ2) is 7.80. The van der Waals surface area contributed by atoms with Crippen LogP contribution in [0.15, 0.2) is 53.4 Å². The second-order valence-corrected chi connectivity index (χ2v) is 6.40. The Kier molecular flexibility index (Phi) is 5.78. The second-order valence-electron chi connectivity index (χ2n) is 4.98. The van der Waals surface area contributed by atoms with Crippen LogP contribution in [0.4, 0.5) is 10.5 Å². The van der Waals surface area contributed by atoms with E-state index >= 15 is 0 Å². The molecule has 0 spiro atoms. The molecule has 8 heteroatoms. The molecule has 2 aromatic rings. The summed E-state index contributed by atoms with van der Waals surface area (Å²) in [5.41, 5.74) is 1.32. The van der Waals surface area contributed by atoms with Crippen LogP contribution in [0.25, 0.3) is 0 Å². The molecule has 24 heavy (non-hydrogen) atoms. The summed E-state index contributed by atoms with van der Waals surface area (Å²) in [7, 11) is -2.71. The maximum Gasteiger partial charge on any atom is 0.319 e. The van der Waals surface area contributed by atoms with Crippen molar-refractivity contribution in [3.05, 3.63) is 54.1 Å². The molecule has 0 unspecified atom stereocenters. The van der Waals surface area contributed by atoms with Crippen LogP contribution in [-0.2, 0) is 16.5 Å². The van der Waals surface area contributed by atoms with Crippen molar-refractivity contribution in [3.63, 3.8) is 0 Å². The molecule has 2 amide bonds. The third kappa shape index (κ3) is 5.25. The van der Waals surface area contributed by atoms with Crippen LogP contribution in [0.1, 0.15) is 5.56 Å². The Balaban J connectivity index is 1.85. The molecule has 2 aromatic carbocycles. The van der Waals surface area contributed by atoms with E-state index in [-0.39, 0.29) is 10.6 Å². The molecule has 0 saturated heterocycles. The standard InChI is InChI=1S/C16H18N2O5S/c1-23-14-7-5-12(6-8-14)9-10-17-16(19)18-13-3-2-4-15(11-13)24(20,21)22/h2-8,11H,9-10H2,1H3,(H2,17,18,19)(H,20,21,22). The molecule has 0 aliphatic carbocycles. The number of hydrogen-bond donors (Lipinski definition) is 3. The number of carbonyl (C=O) groups excluding carboxylic acids is 1. The zero-order chi connectivity index (χ0) is 17.6. The third-order valence-corrected chi connectivity index (χ3v) is 4.10. The van der Waals surface area contributed by atoms with Crippen LogP contribution in [0, 0.1) is 0 Å². The van der Waals surface area contributed by atoms with Crippen LogP contribution < -0.4 is 15.4 Å². The maximum atomic E-state index is 11.8. The highest BCUT2D eigenvalue weighted by molar-refractivity contribution is 7.85. The van der Waals surface area contributed by atoms with E-state index in [2.05, 4.69) is 10.6 Å². The minimum absolute atomic E-state index is 0.270. The lowest BCUT2D eigenvalue weighted by Gasteiger charge is -2.09. The van der Waals surface area contributed by atoms with E-state index in [1.54, 1.807) is 7.11 Å². The predicted molar refractivity (Wildman–Crippen MR) is 90.0 cm³/mol. The summed E-state index contributed by atoms with van der Waals surface area (Å²) in [4.78, 5) is 11.5. The number of ether oxygens (including phenoxy) is 1. The van der Waals surface area contributed by atoms with Gasteiger partial charge in [0.05, 0.1) is 12.0 Å². The smallest absolute Gasteiger partial charge is 0.319 e. The van der Waals surface area contributed by atoms with E-state index in [1.165, 1.54) is 24.3 Å². The molecule has 0 heterocycles. The average molecular weight is 350 g/mol. The van der Waals surface area contributed by atoms with Gasteiger partial charge in [-0.1, -0.05) is 18.2 Å². The number of amides is 2. The van der Waals surface area contributed by atoms with Crippen molar-refractivity contribution in [1.29, 1.82) is 0 Å². The highest BCUT2D eigenvalue weighted by Gasteiger charge is 2.10. The predicted octanol–water partition coefficient (Wildman–Crippen LogP) is 2.31. The van der Waals surface area contributed by atoms with Gasteiger partial charge in [0.15, 0.2) is 0 Å². The molecule has 0 saturated carbocycles. The summed E-state index contributed by atoms with van der Waals surface area (Å²) in [5.74, 6) is 0.767. The summed E-state index contributed by atoms with van der Waals surface area (Å²) < 4.78 is 36.2. The van der Waals surface area contributed by atoms with Crippen molar-refractivity contribution in [1.82, 2.24) is 5.32 Å². The number of nitrogens with one attached hydrogen (secondary N) is 2. The van der Waals surface area contributed by atoms with Crippen molar-refractivity contribution < 1.29 is 22.5 Å². The molecule has 0 radical (unpaired) electrons. The Hall–Kier alpha value is -2.58. The largest absolute Gasteiger partial charge is 0.497 e. The van der Waals surface area contributed by atoms with Gasteiger partial charge in [0.25, 0.3) is 10.1 Å². The number of benzene rings is 2. The fourth-order valence-corrected chi connectivity index (χ4v) is 2.55. The van der Waals surface area contributed by atoms with E-state index in [0.29, 0.717) is 13.0 Å². The Morgan fingerprint density at radius 3 is 2.50 bits per heavy atom. The molecular weight excluding hydrogens is 332 g/mol. The van der Waals surface area contributed by atoms with E-state index in [1.807, 2.05) is 24.3 Å². The summed E-state index contributed by atoms with van der Waals surface area (Å²) in [6.07, 6.45) is 0.641. The first-order valence-electron chi connectivity index (χ1n) is 7.14. The van der Waals surface area contributed by atoms with Gasteiger partial charge in [-0.15, -0.1) is 0 Å². The SMILES string of the molecule is COc1ccc(CCNC(=O)Nc2cccc(S(=O)(=O)O)c2)cc1. The Morgan fingerprint density at radius 1 is 1.17 bits per heavy atom. The Labute approximate surface area is 140 Å². The topological polar surface area (TPSA) is 105 Å². The molecule has 0 aliphatic heterocycles. The lowest BCUT2D eigenvalue weighted by Crippen LogP contribution is -2.30. The molecule has 0 atom stereocenters. The van der Waals surface area contributed by atoms with Gasteiger partial charge in [-0.25, -0.2) is 4.79 Å². The lowest BCUT2D eigenvalue weighted by molar-refractivity contribution is 0.252. The van der Waals surface area contributed by atoms with E-state index in [9.17, 15) is 13.2 Å². The van der Waals surface area contributed by atoms with Crippen molar-refractivity contribution >= 4 is 21.8 Å². The van der Waals surface area contributed by atoms with Gasteiger partial charge >= 0.3 is 6.03 Å². The fourth-order valence-electron chi connectivity index (χ4n) is 2.02. The zero-order valence-electron chi connectivity index (χ0n) is 13.0. The van der Waals surface area contributed by atoms with Gasteiger partial charge < -0.3 is 15.4 Å². The number of carbonyl (C=O) groups is 1. The van der Waals surface area contributed by atoms with Crippen LogP contribution in [0.2, 0.25) is 0 Å². The zero-order valence-corrected chi connectivity index (χ0v) is 13.8. The lowest BCUT2D eigenvalue weighted by atomic mass is 10.1. The van der Waals surface area contributed by atoms with Crippen molar-refractivity contribution in [2.24, 2.45) is 0 Å². The minimum atomic E-state index is -4.30. The maximum absolute atomic E-state index is 11.8. The molecule has 128 valence electrons. The first-order valence-corrected chi connectivity index (χ1v) is 8.58. The fraction of sp³-hybridized carbons (Fsp3) is 0.188. The number of urea groups is 1. The van der Waals surface area contributed by atoms with Gasteiger partial charge in [-0.3, -0.25) is 4.55 Å². The summed E-state index contributed by atoms with van der Waals surface area (Å²) in [6.45, 7) is 0.413. The monoisotopic (exact) mass is 350 g/mol. The van der Waals surface area contributed by atoms with Crippen LogP contribution >= 0.6 is 0 Å². The average Bonchev–Trinajstić information content (AvgIpc) is 2.55. The summed E-state index contributed by atoms with van der Waals surface area (Å²) in [5, 5.41) is 5.19. The van der Waals surface area contributed by atoms with Crippen LogP contribution in [0.5, 0.6) is 5.75 Å². The first kappa shape index (κ1) is 17.8. The van der Waals surface area contributed by atoms with Gasteiger partial charge in [-0.05, 0) is 42.3 Å². The Morgan fingerprint density at radius 2 is 1.88 bits per heavy atom. The van der Waals surface area contributed by atoms with Crippen LogP contribution in [0.3, 0.4) is 0 Å². The van der Waals surface area contributed by atoms with Gasteiger partial charge in [0.1, 0.15) is 5.75 Å². The highest BCUT2D eigenvalue weighted by Crippen LogP contribution is 2.15. The third-order valence-electron chi connectivity index (χ3n) is 3.25. The van der Waals surface area contributed by atoms with E-state index in [4.69, 9.17) is 9.29 Å². The molecule has 0 aliphatic rings. The minimum Gasteiger partial charge on any atom is -0.497 e. The highest BCUT2D eigenvalue weighted by atomic mass is 32.2. The first-order chi connectivity index (χ1) is 11.4. The quantitative estimate of drug-likeness (QED) is 0.694. The van der Waals surface area contributed by atoms with Crippen LogP contribution in [-0.4, -0.2) is 32.7 Å². The molecule has 2 rings (SSSR count). The van der Waals surface area contributed by atoms with Gasteiger partial charge in [0, 0.05) is 12.2 Å². The summed E-state index contributed by atoms with van der Waals surface area (Å²) in [6, 6.07) is 12.4. The number of anilines is 1. The molecule has 0 fully saturated rings. The Bertz CT molecular complexity index is 803. The van der Waals surface area contributed by atoms with Gasteiger partial charge in [-0.2, -0.15) is 8.42 Å². The molecule has 0 aromatic heterocycles. The van der Waals surface area contributed by atoms with Crippen molar-refractivity contribution in [2.75, 3.05) is 19.0 Å².